The predicted octanol–water partition coefficient (Wildman–Crippen LogP) is 2.70. The molecule has 4 rings (SSSR count). The zero-order chi connectivity index (χ0) is 15.8. The highest BCUT2D eigenvalue weighted by Gasteiger charge is 2.24. The Bertz CT molecular complexity index is 868. The van der Waals surface area contributed by atoms with Crippen molar-refractivity contribution in [2.24, 2.45) is 0 Å². The second kappa shape index (κ2) is 5.43. The first-order valence-corrected chi connectivity index (χ1v) is 7.64. The number of fused-ring (bicyclic) bond motifs is 3. The topological polar surface area (TPSA) is 47.4 Å². The van der Waals surface area contributed by atoms with Gasteiger partial charge >= 0.3 is 0 Å². The van der Waals surface area contributed by atoms with Gasteiger partial charge in [-0.3, -0.25) is 4.79 Å². The van der Waals surface area contributed by atoms with Crippen LogP contribution in [0.2, 0.25) is 0 Å². The van der Waals surface area contributed by atoms with E-state index in [1.807, 2.05) is 35.2 Å². The van der Waals surface area contributed by atoms with Gasteiger partial charge in [0.2, 0.25) is 0 Å². The van der Waals surface area contributed by atoms with Crippen LogP contribution in [0.25, 0.3) is 11.0 Å². The second-order valence-electron chi connectivity index (χ2n) is 5.62. The van der Waals surface area contributed by atoms with Crippen molar-refractivity contribution in [1.29, 1.82) is 0 Å². The van der Waals surface area contributed by atoms with Gasteiger partial charge in [0.25, 0.3) is 5.91 Å². The van der Waals surface area contributed by atoms with Crippen LogP contribution in [0.3, 0.4) is 0 Å². The number of nitrogens with zero attached hydrogens (tertiary/aromatic N) is 3. The molecule has 0 saturated heterocycles. The molecule has 3 aromatic rings. The molecule has 116 valence electrons. The average Bonchev–Trinajstić information content (AvgIpc) is 2.99. The molecule has 1 aliphatic rings. The van der Waals surface area contributed by atoms with Crippen molar-refractivity contribution in [3.63, 3.8) is 0 Å². The summed E-state index contributed by atoms with van der Waals surface area (Å²) >= 11 is 0. The average molecular weight is 307 g/mol. The van der Waals surface area contributed by atoms with Crippen molar-refractivity contribution in [2.75, 3.05) is 13.7 Å². The number of hydrogen-bond acceptors (Lipinski definition) is 3. The number of hydrogen-bond donors (Lipinski definition) is 0. The SMILES string of the molecule is COc1ccc(C(=O)N2CCn3c(nc4ccccc43)C2)cc1. The molecule has 0 N–H and O–H groups in total. The number of aromatic nitrogens is 2. The summed E-state index contributed by atoms with van der Waals surface area (Å²) in [5.74, 6) is 1.73. The third kappa shape index (κ3) is 2.34. The fourth-order valence-electron chi connectivity index (χ4n) is 3.06. The van der Waals surface area contributed by atoms with Gasteiger partial charge in [0, 0.05) is 18.7 Å². The van der Waals surface area contributed by atoms with Crippen LogP contribution >= 0.6 is 0 Å². The van der Waals surface area contributed by atoms with E-state index in [2.05, 4.69) is 15.6 Å². The summed E-state index contributed by atoms with van der Waals surface area (Å²) in [5, 5.41) is 0. The molecule has 0 atom stereocenters. The summed E-state index contributed by atoms with van der Waals surface area (Å²) in [7, 11) is 1.62. The fraction of sp³-hybridized carbons (Fsp3) is 0.222. The number of carbonyl (C=O) groups excluding carboxylic acids is 1. The van der Waals surface area contributed by atoms with Crippen LogP contribution in [0.5, 0.6) is 5.75 Å². The monoisotopic (exact) mass is 307 g/mol. The van der Waals surface area contributed by atoms with Gasteiger partial charge in [-0.25, -0.2) is 4.98 Å². The van der Waals surface area contributed by atoms with E-state index in [9.17, 15) is 4.79 Å². The number of benzene rings is 2. The Morgan fingerprint density at radius 3 is 2.65 bits per heavy atom. The van der Waals surface area contributed by atoms with Crippen LogP contribution in [-0.2, 0) is 13.1 Å². The normalized spacial score (nSPS) is 13.9. The van der Waals surface area contributed by atoms with Crippen LogP contribution in [-0.4, -0.2) is 34.0 Å². The lowest BCUT2D eigenvalue weighted by Crippen LogP contribution is -2.38. The second-order valence-corrected chi connectivity index (χ2v) is 5.62. The number of amides is 1. The lowest BCUT2D eigenvalue weighted by Gasteiger charge is -2.28. The van der Waals surface area contributed by atoms with Gasteiger partial charge < -0.3 is 14.2 Å². The van der Waals surface area contributed by atoms with Gasteiger partial charge in [0.05, 0.1) is 24.7 Å². The number of carbonyl (C=O) groups is 1. The van der Waals surface area contributed by atoms with Crippen LogP contribution in [0.1, 0.15) is 16.2 Å². The minimum Gasteiger partial charge on any atom is -0.497 e. The molecule has 23 heavy (non-hydrogen) atoms. The summed E-state index contributed by atoms with van der Waals surface area (Å²) in [6, 6.07) is 15.3. The molecular weight excluding hydrogens is 290 g/mol. The highest BCUT2D eigenvalue weighted by Crippen LogP contribution is 2.22. The number of imidazole rings is 1. The molecule has 0 spiro atoms. The van der Waals surface area contributed by atoms with E-state index in [1.165, 1.54) is 0 Å². The summed E-state index contributed by atoms with van der Waals surface area (Å²) in [5.41, 5.74) is 2.80. The fourth-order valence-corrected chi connectivity index (χ4v) is 3.06. The Kier molecular flexibility index (Phi) is 3.26. The van der Waals surface area contributed by atoms with Gasteiger partial charge in [-0.05, 0) is 36.4 Å². The Balaban J connectivity index is 1.60. The Labute approximate surface area is 134 Å². The highest BCUT2D eigenvalue weighted by atomic mass is 16.5. The summed E-state index contributed by atoms with van der Waals surface area (Å²) in [4.78, 5) is 19.2. The smallest absolute Gasteiger partial charge is 0.254 e. The quantitative estimate of drug-likeness (QED) is 0.731. The van der Waals surface area contributed by atoms with Crippen LogP contribution in [0, 0.1) is 0 Å². The minimum absolute atomic E-state index is 0.0333. The van der Waals surface area contributed by atoms with E-state index in [0.717, 1.165) is 29.2 Å². The van der Waals surface area contributed by atoms with Crippen molar-refractivity contribution < 1.29 is 9.53 Å². The van der Waals surface area contributed by atoms with Gasteiger partial charge in [-0.15, -0.1) is 0 Å². The Morgan fingerprint density at radius 2 is 1.87 bits per heavy atom. The Morgan fingerprint density at radius 1 is 1.09 bits per heavy atom. The van der Waals surface area contributed by atoms with E-state index in [-0.39, 0.29) is 5.91 Å². The first-order valence-electron chi connectivity index (χ1n) is 7.64. The molecule has 0 saturated carbocycles. The van der Waals surface area contributed by atoms with E-state index < -0.39 is 0 Å². The van der Waals surface area contributed by atoms with E-state index in [0.29, 0.717) is 18.7 Å². The van der Waals surface area contributed by atoms with Crippen molar-refractivity contribution in [2.45, 2.75) is 13.1 Å². The summed E-state index contributed by atoms with van der Waals surface area (Å²) in [6.45, 7) is 2.01. The molecule has 0 unspecified atom stereocenters. The van der Waals surface area contributed by atoms with Crippen molar-refractivity contribution in [3.05, 3.63) is 59.9 Å². The molecule has 1 aliphatic heterocycles. The van der Waals surface area contributed by atoms with Gasteiger partial charge in [-0.1, -0.05) is 12.1 Å². The van der Waals surface area contributed by atoms with Crippen LogP contribution in [0.4, 0.5) is 0 Å². The number of ether oxygens (including phenoxy) is 1. The molecule has 1 amide bonds. The molecule has 0 fully saturated rings. The standard InChI is InChI=1S/C18H17N3O2/c1-23-14-8-6-13(7-9-14)18(22)20-10-11-21-16-5-3-2-4-15(16)19-17(21)12-20/h2-9H,10-12H2,1H3. The summed E-state index contributed by atoms with van der Waals surface area (Å²) in [6.07, 6.45) is 0. The molecule has 0 bridgehead atoms. The van der Waals surface area contributed by atoms with Gasteiger partial charge in [0.15, 0.2) is 0 Å². The minimum atomic E-state index is 0.0333. The number of methoxy groups -OCH3 is 1. The van der Waals surface area contributed by atoms with Crippen LogP contribution in [0.15, 0.2) is 48.5 Å². The molecule has 1 aromatic heterocycles. The third-order valence-corrected chi connectivity index (χ3v) is 4.28. The zero-order valence-electron chi connectivity index (χ0n) is 12.9. The highest BCUT2D eigenvalue weighted by molar-refractivity contribution is 5.94. The lowest BCUT2D eigenvalue weighted by atomic mass is 10.2. The number of para-hydroxylation sites is 2. The predicted molar refractivity (Wildman–Crippen MR) is 87.5 cm³/mol. The first-order chi connectivity index (χ1) is 11.3. The maximum atomic E-state index is 12.7. The molecule has 2 heterocycles. The van der Waals surface area contributed by atoms with Crippen LogP contribution < -0.4 is 4.74 Å². The van der Waals surface area contributed by atoms with E-state index in [4.69, 9.17) is 4.74 Å². The number of rotatable bonds is 2. The van der Waals surface area contributed by atoms with Gasteiger partial charge in [0.1, 0.15) is 11.6 Å². The molecular formula is C18H17N3O2. The van der Waals surface area contributed by atoms with Crippen molar-refractivity contribution in [1.82, 2.24) is 14.5 Å². The Hall–Kier alpha value is -2.82. The zero-order valence-corrected chi connectivity index (χ0v) is 12.9. The maximum Gasteiger partial charge on any atom is 0.254 e. The first kappa shape index (κ1) is 13.8. The lowest BCUT2D eigenvalue weighted by molar-refractivity contribution is 0.0709. The van der Waals surface area contributed by atoms with Gasteiger partial charge in [-0.2, -0.15) is 0 Å². The van der Waals surface area contributed by atoms with Crippen molar-refractivity contribution >= 4 is 16.9 Å². The van der Waals surface area contributed by atoms with E-state index in [1.54, 1.807) is 19.2 Å². The van der Waals surface area contributed by atoms with Crippen molar-refractivity contribution in [3.8, 4) is 5.75 Å². The third-order valence-electron chi connectivity index (χ3n) is 4.28. The molecule has 2 aromatic carbocycles. The molecule has 5 nitrogen and oxygen atoms in total. The largest absolute Gasteiger partial charge is 0.497 e. The molecule has 0 radical (unpaired) electrons. The molecule has 0 aliphatic carbocycles. The maximum absolute atomic E-state index is 12.7. The van der Waals surface area contributed by atoms with E-state index >= 15 is 0 Å². The summed E-state index contributed by atoms with van der Waals surface area (Å²) < 4.78 is 7.34. The molecule has 5 heteroatoms.